The molecule has 56 valence electrons. The highest BCUT2D eigenvalue weighted by Crippen LogP contribution is 2.47. The van der Waals surface area contributed by atoms with Gasteiger partial charge < -0.3 is 4.42 Å². The quantitative estimate of drug-likeness (QED) is 0.568. The lowest BCUT2D eigenvalue weighted by molar-refractivity contribution is 0.570. The van der Waals surface area contributed by atoms with Crippen LogP contribution < -0.4 is 0 Å². The molecule has 1 heteroatoms. The highest BCUT2D eigenvalue weighted by Gasteiger charge is 2.29. The first-order valence-electron chi connectivity index (χ1n) is 4.19. The van der Waals surface area contributed by atoms with E-state index in [4.69, 9.17) is 4.42 Å². The van der Waals surface area contributed by atoms with Crippen molar-refractivity contribution in [3.05, 3.63) is 35.1 Å². The van der Waals surface area contributed by atoms with E-state index in [0.717, 1.165) is 12.0 Å². The first-order valence-corrected chi connectivity index (χ1v) is 4.19. The highest BCUT2D eigenvalue weighted by atomic mass is 16.3. The zero-order chi connectivity index (χ0) is 7.71. The van der Waals surface area contributed by atoms with E-state index in [-0.39, 0.29) is 0 Å². The maximum atomic E-state index is 5.69. The van der Waals surface area contributed by atoms with E-state index in [2.05, 4.69) is 18.2 Å². The van der Waals surface area contributed by atoms with E-state index in [9.17, 15) is 0 Å². The van der Waals surface area contributed by atoms with E-state index >= 15 is 0 Å². The minimum atomic E-state index is 1.01. The van der Waals surface area contributed by atoms with Crippen molar-refractivity contribution in [3.63, 3.8) is 0 Å². The van der Waals surface area contributed by atoms with Crippen molar-refractivity contribution >= 4 is 22.6 Å². The number of hydrogen-bond donors (Lipinski definition) is 0. The SMILES string of the molecule is C1=C2Cc3oc4cccc2c4c31. The number of furan rings is 1. The Morgan fingerprint density at radius 1 is 1.25 bits per heavy atom. The molecule has 1 heterocycles. The van der Waals surface area contributed by atoms with E-state index in [1.807, 2.05) is 6.07 Å². The summed E-state index contributed by atoms with van der Waals surface area (Å²) in [6.07, 6.45) is 3.27. The topological polar surface area (TPSA) is 13.1 Å². The highest BCUT2D eigenvalue weighted by molar-refractivity contribution is 6.12. The molecule has 0 saturated carbocycles. The zero-order valence-electron chi connectivity index (χ0n) is 6.42. The van der Waals surface area contributed by atoms with E-state index in [1.165, 1.54) is 27.8 Å². The van der Waals surface area contributed by atoms with Crippen molar-refractivity contribution in [1.29, 1.82) is 0 Å². The van der Waals surface area contributed by atoms with Gasteiger partial charge in [-0.25, -0.2) is 0 Å². The summed E-state index contributed by atoms with van der Waals surface area (Å²) in [6.45, 7) is 0. The van der Waals surface area contributed by atoms with Gasteiger partial charge in [0.05, 0.1) is 0 Å². The molecule has 4 rings (SSSR count). The van der Waals surface area contributed by atoms with Crippen LogP contribution in [0.25, 0.3) is 22.6 Å². The maximum Gasteiger partial charge on any atom is 0.135 e. The van der Waals surface area contributed by atoms with Crippen LogP contribution in [-0.4, -0.2) is 0 Å². The van der Waals surface area contributed by atoms with Gasteiger partial charge in [0.25, 0.3) is 0 Å². The molecule has 0 unspecified atom stereocenters. The third-order valence-electron chi connectivity index (χ3n) is 2.84. The molecule has 0 radical (unpaired) electrons. The molecule has 1 aromatic heterocycles. The van der Waals surface area contributed by atoms with Crippen LogP contribution >= 0.6 is 0 Å². The van der Waals surface area contributed by atoms with Crippen molar-refractivity contribution in [2.45, 2.75) is 6.42 Å². The molecule has 0 N–H and O–H groups in total. The van der Waals surface area contributed by atoms with Crippen LogP contribution in [0.5, 0.6) is 0 Å². The van der Waals surface area contributed by atoms with Crippen LogP contribution in [0.2, 0.25) is 0 Å². The van der Waals surface area contributed by atoms with Gasteiger partial charge in [-0.15, -0.1) is 0 Å². The second kappa shape index (κ2) is 1.36. The van der Waals surface area contributed by atoms with Crippen LogP contribution in [0.3, 0.4) is 0 Å². The summed E-state index contributed by atoms with van der Waals surface area (Å²) in [6, 6.07) is 6.30. The molecule has 0 spiro atoms. The Kier molecular flexibility index (Phi) is 0.587. The van der Waals surface area contributed by atoms with Crippen molar-refractivity contribution in [3.8, 4) is 0 Å². The predicted molar refractivity (Wildman–Crippen MR) is 47.8 cm³/mol. The molecule has 12 heavy (non-hydrogen) atoms. The monoisotopic (exact) mass is 154 g/mol. The molecule has 2 bridgehead atoms. The maximum absolute atomic E-state index is 5.69. The van der Waals surface area contributed by atoms with Gasteiger partial charge in [0.1, 0.15) is 11.3 Å². The molecule has 0 aliphatic heterocycles. The van der Waals surface area contributed by atoms with Gasteiger partial charge in [0.15, 0.2) is 0 Å². The minimum Gasteiger partial charge on any atom is -0.460 e. The normalized spacial score (nSPS) is 16.5. The number of benzene rings is 1. The summed E-state index contributed by atoms with van der Waals surface area (Å²) in [7, 11) is 0. The molecule has 1 aromatic carbocycles. The van der Waals surface area contributed by atoms with Crippen molar-refractivity contribution < 1.29 is 4.42 Å². The Bertz CT molecular complexity index is 543. The van der Waals surface area contributed by atoms with Gasteiger partial charge in [-0.3, -0.25) is 0 Å². The average Bonchev–Trinajstić information content (AvgIpc) is 2.66. The molecule has 0 fully saturated rings. The molecule has 0 saturated heterocycles. The summed E-state index contributed by atoms with van der Waals surface area (Å²) >= 11 is 0. The fourth-order valence-electron chi connectivity index (χ4n) is 2.34. The lowest BCUT2D eigenvalue weighted by Gasteiger charge is -2.00. The summed E-state index contributed by atoms with van der Waals surface area (Å²) < 4.78 is 5.69. The lowest BCUT2D eigenvalue weighted by atomic mass is 10.0. The van der Waals surface area contributed by atoms with Crippen molar-refractivity contribution in [2.75, 3.05) is 0 Å². The smallest absolute Gasteiger partial charge is 0.135 e. The average molecular weight is 154 g/mol. The largest absolute Gasteiger partial charge is 0.460 e. The Hall–Kier alpha value is -1.50. The van der Waals surface area contributed by atoms with E-state index in [0.29, 0.717) is 0 Å². The van der Waals surface area contributed by atoms with Gasteiger partial charge in [-0.05, 0) is 23.3 Å². The summed E-state index contributed by atoms with van der Waals surface area (Å²) in [5.74, 6) is 1.17. The molecule has 0 amide bonds. The van der Waals surface area contributed by atoms with Gasteiger partial charge in [-0.2, -0.15) is 0 Å². The van der Waals surface area contributed by atoms with Gasteiger partial charge >= 0.3 is 0 Å². The Labute approximate surface area is 69.3 Å². The first kappa shape index (κ1) is 5.20. The summed E-state index contributed by atoms with van der Waals surface area (Å²) in [5, 5.41) is 1.34. The summed E-state index contributed by atoms with van der Waals surface area (Å²) in [4.78, 5) is 0. The van der Waals surface area contributed by atoms with Crippen LogP contribution in [0.4, 0.5) is 0 Å². The van der Waals surface area contributed by atoms with Crippen LogP contribution in [0.15, 0.2) is 22.6 Å². The second-order valence-electron chi connectivity index (χ2n) is 3.46. The Morgan fingerprint density at radius 3 is 3.25 bits per heavy atom. The van der Waals surface area contributed by atoms with Crippen molar-refractivity contribution in [1.82, 2.24) is 0 Å². The minimum absolute atomic E-state index is 1.01. The zero-order valence-corrected chi connectivity index (χ0v) is 6.42. The van der Waals surface area contributed by atoms with E-state index in [1.54, 1.807) is 0 Å². The van der Waals surface area contributed by atoms with Crippen LogP contribution in [0, 0.1) is 0 Å². The molecule has 2 aromatic rings. The Balaban J connectivity index is 2.49. The van der Waals surface area contributed by atoms with Gasteiger partial charge in [0.2, 0.25) is 0 Å². The summed E-state index contributed by atoms with van der Waals surface area (Å²) in [5.41, 5.74) is 5.23. The van der Waals surface area contributed by atoms with Gasteiger partial charge in [-0.1, -0.05) is 12.1 Å². The molecular weight excluding hydrogens is 148 g/mol. The number of fused-ring (bicyclic) bond motifs is 1. The fraction of sp³-hybridized carbons (Fsp3) is 0.0909. The fourth-order valence-corrected chi connectivity index (χ4v) is 2.34. The number of hydrogen-bond acceptors (Lipinski definition) is 1. The lowest BCUT2D eigenvalue weighted by Crippen LogP contribution is -1.85. The van der Waals surface area contributed by atoms with Crippen molar-refractivity contribution in [2.24, 2.45) is 0 Å². The molecule has 1 nitrogen and oxygen atoms in total. The molecule has 2 aliphatic rings. The third-order valence-corrected chi connectivity index (χ3v) is 2.84. The Morgan fingerprint density at radius 2 is 2.25 bits per heavy atom. The third kappa shape index (κ3) is 0.359. The standard InChI is InChI=1S/C11H6O/c1-2-7-6-4-8-10(5-6)12-9(3-1)11(7)8/h1-4H,5H2. The second-order valence-corrected chi connectivity index (χ2v) is 3.46. The number of rotatable bonds is 0. The first-order chi connectivity index (χ1) is 5.93. The van der Waals surface area contributed by atoms with Crippen LogP contribution in [0.1, 0.15) is 16.9 Å². The van der Waals surface area contributed by atoms with E-state index < -0.39 is 0 Å². The van der Waals surface area contributed by atoms with Gasteiger partial charge in [0, 0.05) is 17.4 Å². The predicted octanol–water partition coefficient (Wildman–Crippen LogP) is 2.84. The molecule has 2 aliphatic carbocycles. The molecular formula is C11H6O. The molecule has 0 atom stereocenters. The number of allylic oxidation sites excluding steroid dienone is 1. The van der Waals surface area contributed by atoms with Crippen LogP contribution in [-0.2, 0) is 6.42 Å².